The molecule has 1 amide bonds. The van der Waals surface area contributed by atoms with Gasteiger partial charge in [-0.05, 0) is 19.1 Å². The molecule has 1 saturated heterocycles. The number of rotatable bonds is 2. The minimum absolute atomic E-state index is 0.0663. The molecule has 0 aliphatic carbocycles. The van der Waals surface area contributed by atoms with E-state index in [9.17, 15) is 13.6 Å². The Bertz CT molecular complexity index is 684. The fourth-order valence-electron chi connectivity index (χ4n) is 2.48. The van der Waals surface area contributed by atoms with E-state index in [1.165, 1.54) is 18.2 Å². The molecule has 0 bridgehead atoms. The Morgan fingerprint density at radius 1 is 1.41 bits per heavy atom. The third-order valence-electron chi connectivity index (χ3n) is 3.66. The molecular formula is C15H15F2N3OS. The molecule has 3 rings (SSSR count). The van der Waals surface area contributed by atoms with E-state index in [0.717, 1.165) is 24.4 Å². The van der Waals surface area contributed by atoms with E-state index in [1.54, 1.807) is 10.3 Å². The summed E-state index contributed by atoms with van der Waals surface area (Å²) < 4.78 is 27.6. The van der Waals surface area contributed by atoms with Crippen LogP contribution in [-0.2, 0) is 0 Å². The molecule has 7 heteroatoms. The molecule has 1 atom stereocenters. The van der Waals surface area contributed by atoms with E-state index in [2.05, 4.69) is 10.3 Å². The van der Waals surface area contributed by atoms with E-state index in [0.29, 0.717) is 6.54 Å². The number of amides is 1. The molecule has 2 aromatic rings. The maximum absolute atomic E-state index is 13.8. The third-order valence-corrected chi connectivity index (χ3v) is 4.52. The number of hydrogen-bond donors (Lipinski definition) is 1. The van der Waals surface area contributed by atoms with Gasteiger partial charge < -0.3 is 10.2 Å². The number of carbonyl (C=O) groups is 1. The summed E-state index contributed by atoms with van der Waals surface area (Å²) in [5.41, 5.74) is 0.0521. The topological polar surface area (TPSA) is 45.2 Å². The zero-order valence-corrected chi connectivity index (χ0v) is 12.8. The van der Waals surface area contributed by atoms with Crippen molar-refractivity contribution in [3.05, 3.63) is 40.9 Å². The number of piperazine rings is 1. The number of halogens is 2. The number of carbonyl (C=O) groups excluding carboxylic acids is 1. The number of thiazole rings is 1. The highest BCUT2D eigenvalue weighted by Gasteiger charge is 2.26. The van der Waals surface area contributed by atoms with Crippen LogP contribution in [0.5, 0.6) is 0 Å². The van der Waals surface area contributed by atoms with Crippen LogP contribution in [-0.4, -0.2) is 41.5 Å². The van der Waals surface area contributed by atoms with Gasteiger partial charge in [0.05, 0.1) is 5.56 Å². The molecule has 1 aliphatic heterocycles. The molecule has 1 aliphatic rings. The van der Waals surface area contributed by atoms with Crippen molar-refractivity contribution in [3.8, 4) is 10.6 Å². The summed E-state index contributed by atoms with van der Waals surface area (Å²) in [6.07, 6.45) is 0. The van der Waals surface area contributed by atoms with Crippen molar-refractivity contribution in [1.29, 1.82) is 0 Å². The highest BCUT2D eigenvalue weighted by atomic mass is 32.1. The smallest absolute Gasteiger partial charge is 0.273 e. The van der Waals surface area contributed by atoms with Gasteiger partial charge in [0.2, 0.25) is 0 Å². The molecule has 116 valence electrons. The average Bonchev–Trinajstić information content (AvgIpc) is 2.96. The monoisotopic (exact) mass is 323 g/mol. The Hall–Kier alpha value is -1.86. The molecule has 0 radical (unpaired) electrons. The normalized spacial score (nSPS) is 18.5. The quantitative estimate of drug-likeness (QED) is 0.924. The largest absolute Gasteiger partial charge is 0.332 e. The molecule has 22 heavy (non-hydrogen) atoms. The van der Waals surface area contributed by atoms with Gasteiger partial charge in [0, 0.05) is 31.1 Å². The lowest BCUT2D eigenvalue weighted by molar-refractivity contribution is 0.0650. The molecule has 1 aromatic carbocycles. The molecule has 0 unspecified atom stereocenters. The number of aromatic nitrogens is 1. The van der Waals surface area contributed by atoms with Crippen molar-refractivity contribution in [3.63, 3.8) is 0 Å². The Morgan fingerprint density at radius 2 is 2.14 bits per heavy atom. The van der Waals surface area contributed by atoms with Crippen LogP contribution < -0.4 is 5.32 Å². The van der Waals surface area contributed by atoms with Crippen LogP contribution in [0.2, 0.25) is 0 Å². The number of nitrogens with zero attached hydrogens (tertiary/aromatic N) is 2. The average molecular weight is 323 g/mol. The van der Waals surface area contributed by atoms with E-state index in [4.69, 9.17) is 0 Å². The maximum atomic E-state index is 13.8. The standard InChI is InChI=1S/C15H15F2N3OS/c1-9-7-18-5-6-20(9)15(21)12-8-22-14(19-12)13-10(16)3-2-4-11(13)17/h2-4,8-9,18H,5-7H2,1H3/t9-/m0/s1. The van der Waals surface area contributed by atoms with Gasteiger partial charge in [-0.15, -0.1) is 11.3 Å². The second kappa shape index (κ2) is 6.10. The van der Waals surface area contributed by atoms with Crippen LogP contribution in [0.15, 0.2) is 23.6 Å². The van der Waals surface area contributed by atoms with Crippen molar-refractivity contribution in [2.24, 2.45) is 0 Å². The van der Waals surface area contributed by atoms with Gasteiger partial charge >= 0.3 is 0 Å². The zero-order valence-electron chi connectivity index (χ0n) is 12.0. The summed E-state index contributed by atoms with van der Waals surface area (Å²) in [5.74, 6) is -1.55. The highest BCUT2D eigenvalue weighted by Crippen LogP contribution is 2.29. The van der Waals surface area contributed by atoms with Gasteiger partial charge in [-0.3, -0.25) is 4.79 Å². The van der Waals surface area contributed by atoms with E-state index in [-0.39, 0.29) is 28.2 Å². The molecule has 0 spiro atoms. The lowest BCUT2D eigenvalue weighted by Gasteiger charge is -2.33. The molecule has 1 N–H and O–H groups in total. The summed E-state index contributed by atoms with van der Waals surface area (Å²) in [7, 11) is 0. The Labute approximate surface area is 130 Å². The predicted molar refractivity (Wildman–Crippen MR) is 80.8 cm³/mol. The first-order valence-electron chi connectivity index (χ1n) is 6.99. The van der Waals surface area contributed by atoms with Gasteiger partial charge in [0.15, 0.2) is 0 Å². The van der Waals surface area contributed by atoms with Crippen LogP contribution in [0.1, 0.15) is 17.4 Å². The molecule has 4 nitrogen and oxygen atoms in total. The Kier molecular flexibility index (Phi) is 4.17. The summed E-state index contributed by atoms with van der Waals surface area (Å²) in [5, 5.41) is 4.94. The Balaban J connectivity index is 1.89. The lowest BCUT2D eigenvalue weighted by Crippen LogP contribution is -2.52. The second-order valence-electron chi connectivity index (χ2n) is 5.19. The predicted octanol–water partition coefficient (Wildman–Crippen LogP) is 2.52. The van der Waals surface area contributed by atoms with Crippen LogP contribution in [0, 0.1) is 11.6 Å². The third kappa shape index (κ3) is 2.74. The van der Waals surface area contributed by atoms with Crippen LogP contribution in [0.3, 0.4) is 0 Å². The zero-order chi connectivity index (χ0) is 15.7. The fourth-order valence-corrected chi connectivity index (χ4v) is 3.32. The van der Waals surface area contributed by atoms with Crippen LogP contribution >= 0.6 is 11.3 Å². The van der Waals surface area contributed by atoms with Crippen molar-refractivity contribution in [2.75, 3.05) is 19.6 Å². The minimum Gasteiger partial charge on any atom is -0.332 e. The molecule has 0 saturated carbocycles. The summed E-state index contributed by atoms with van der Waals surface area (Å²) in [6.45, 7) is 4.01. The van der Waals surface area contributed by atoms with Gasteiger partial charge in [0.1, 0.15) is 22.3 Å². The number of nitrogens with one attached hydrogen (secondary N) is 1. The van der Waals surface area contributed by atoms with Crippen molar-refractivity contribution in [2.45, 2.75) is 13.0 Å². The summed E-state index contributed by atoms with van der Waals surface area (Å²) in [6, 6.07) is 3.73. The van der Waals surface area contributed by atoms with Crippen LogP contribution in [0.4, 0.5) is 8.78 Å². The molecule has 1 aromatic heterocycles. The van der Waals surface area contributed by atoms with Gasteiger partial charge in [-0.2, -0.15) is 0 Å². The first-order chi connectivity index (χ1) is 10.6. The molecular weight excluding hydrogens is 308 g/mol. The number of hydrogen-bond acceptors (Lipinski definition) is 4. The Morgan fingerprint density at radius 3 is 2.82 bits per heavy atom. The summed E-state index contributed by atoms with van der Waals surface area (Å²) in [4.78, 5) is 18.3. The second-order valence-corrected chi connectivity index (χ2v) is 6.04. The van der Waals surface area contributed by atoms with Crippen LogP contribution in [0.25, 0.3) is 10.6 Å². The maximum Gasteiger partial charge on any atom is 0.273 e. The van der Waals surface area contributed by atoms with Gasteiger partial charge in [-0.1, -0.05) is 6.07 Å². The van der Waals surface area contributed by atoms with Crippen molar-refractivity contribution >= 4 is 17.2 Å². The van der Waals surface area contributed by atoms with E-state index < -0.39 is 11.6 Å². The van der Waals surface area contributed by atoms with E-state index >= 15 is 0 Å². The van der Waals surface area contributed by atoms with Gasteiger partial charge in [0.25, 0.3) is 5.91 Å². The molecule has 1 fully saturated rings. The first kappa shape index (κ1) is 15.1. The minimum atomic E-state index is -0.677. The number of benzene rings is 1. The lowest BCUT2D eigenvalue weighted by atomic mass is 10.2. The SMILES string of the molecule is C[C@H]1CNCCN1C(=O)c1csc(-c2c(F)cccc2F)n1. The summed E-state index contributed by atoms with van der Waals surface area (Å²) >= 11 is 1.07. The van der Waals surface area contributed by atoms with Crippen molar-refractivity contribution < 1.29 is 13.6 Å². The van der Waals surface area contributed by atoms with Crippen molar-refractivity contribution in [1.82, 2.24) is 15.2 Å². The molecule has 2 heterocycles. The highest BCUT2D eigenvalue weighted by molar-refractivity contribution is 7.13. The van der Waals surface area contributed by atoms with E-state index in [1.807, 2.05) is 6.92 Å². The first-order valence-corrected chi connectivity index (χ1v) is 7.87. The fraction of sp³-hybridized carbons (Fsp3) is 0.333. The van der Waals surface area contributed by atoms with Gasteiger partial charge in [-0.25, -0.2) is 13.8 Å².